The second-order valence-electron chi connectivity index (χ2n) is 11.0. The highest BCUT2D eigenvalue weighted by Crippen LogP contribution is 2.38. The van der Waals surface area contributed by atoms with E-state index in [0.29, 0.717) is 18.9 Å². The maximum atomic E-state index is 13.5. The number of amides is 2. The number of hydrogen-bond donors (Lipinski definition) is 1. The molecule has 1 aliphatic heterocycles. The Morgan fingerprint density at radius 3 is 2.20 bits per heavy atom. The highest BCUT2D eigenvalue weighted by Gasteiger charge is 2.52. The molecule has 0 aliphatic carbocycles. The van der Waals surface area contributed by atoms with Crippen molar-refractivity contribution >= 4 is 17.8 Å². The summed E-state index contributed by atoms with van der Waals surface area (Å²) in [5, 5.41) is 3.16. The molecule has 1 heterocycles. The average Bonchev–Trinajstić information content (AvgIpc) is 3.14. The molecule has 7 heteroatoms. The van der Waals surface area contributed by atoms with Crippen LogP contribution in [0.25, 0.3) is 0 Å². The largest absolute Gasteiger partial charge is 0.459 e. The van der Waals surface area contributed by atoms with Crippen molar-refractivity contribution in [3.05, 3.63) is 35.9 Å². The zero-order valence-corrected chi connectivity index (χ0v) is 22.8. The van der Waals surface area contributed by atoms with Gasteiger partial charge in [0.2, 0.25) is 11.8 Å². The SMILES string of the molecule is CCC(CC)C[C@H](NC(C)=O)[C@H]1[C@H](C(=O)N(C)C)CC(C(=O)OC(C)(C)C)N1Cc1ccccc1. The lowest BCUT2D eigenvalue weighted by molar-refractivity contribution is -0.161. The van der Waals surface area contributed by atoms with Gasteiger partial charge >= 0.3 is 5.97 Å². The third-order valence-electron chi connectivity index (χ3n) is 6.86. The van der Waals surface area contributed by atoms with E-state index in [1.165, 1.54) is 6.92 Å². The molecule has 1 aliphatic rings. The summed E-state index contributed by atoms with van der Waals surface area (Å²) < 4.78 is 5.82. The first kappa shape index (κ1) is 28.8. The van der Waals surface area contributed by atoms with Gasteiger partial charge in [-0.1, -0.05) is 57.0 Å². The van der Waals surface area contributed by atoms with Crippen molar-refractivity contribution in [1.29, 1.82) is 0 Å². The number of nitrogens with zero attached hydrogens (tertiary/aromatic N) is 2. The molecule has 1 saturated heterocycles. The first-order valence-electron chi connectivity index (χ1n) is 12.9. The number of likely N-dealkylation sites (tertiary alicyclic amines) is 1. The maximum Gasteiger partial charge on any atom is 0.323 e. The normalized spacial score (nSPS) is 21.6. The Kier molecular flexibility index (Phi) is 10.3. The van der Waals surface area contributed by atoms with Gasteiger partial charge in [-0.05, 0) is 45.1 Å². The Morgan fingerprint density at radius 1 is 1.11 bits per heavy atom. The van der Waals surface area contributed by atoms with E-state index < -0.39 is 17.6 Å². The fourth-order valence-corrected chi connectivity index (χ4v) is 5.18. The van der Waals surface area contributed by atoms with Gasteiger partial charge in [-0.15, -0.1) is 0 Å². The lowest BCUT2D eigenvalue weighted by Crippen LogP contribution is -2.55. The van der Waals surface area contributed by atoms with E-state index in [-0.39, 0.29) is 29.9 Å². The topological polar surface area (TPSA) is 79.0 Å². The summed E-state index contributed by atoms with van der Waals surface area (Å²) in [6.45, 7) is 11.9. The first-order valence-corrected chi connectivity index (χ1v) is 12.9. The summed E-state index contributed by atoms with van der Waals surface area (Å²) in [6.07, 6.45) is 3.09. The molecule has 1 aromatic carbocycles. The van der Waals surface area contributed by atoms with E-state index in [0.717, 1.165) is 24.8 Å². The van der Waals surface area contributed by atoms with Gasteiger partial charge in [0.1, 0.15) is 11.6 Å². The van der Waals surface area contributed by atoms with Crippen molar-refractivity contribution in [2.24, 2.45) is 11.8 Å². The predicted molar refractivity (Wildman–Crippen MR) is 139 cm³/mol. The molecule has 7 nitrogen and oxygen atoms in total. The highest BCUT2D eigenvalue weighted by molar-refractivity contribution is 5.84. The van der Waals surface area contributed by atoms with Crippen molar-refractivity contribution in [2.45, 2.75) is 97.5 Å². The van der Waals surface area contributed by atoms with E-state index in [1.807, 2.05) is 51.1 Å². The van der Waals surface area contributed by atoms with Crippen LogP contribution in [0.2, 0.25) is 0 Å². The van der Waals surface area contributed by atoms with Crippen LogP contribution in [0.15, 0.2) is 30.3 Å². The molecule has 0 bridgehead atoms. The minimum Gasteiger partial charge on any atom is -0.459 e. The van der Waals surface area contributed by atoms with Crippen LogP contribution in [0.4, 0.5) is 0 Å². The number of esters is 1. The van der Waals surface area contributed by atoms with Crippen molar-refractivity contribution in [2.75, 3.05) is 14.1 Å². The van der Waals surface area contributed by atoms with Crippen LogP contribution in [0.3, 0.4) is 0 Å². The number of ether oxygens (including phenoxy) is 1. The quantitative estimate of drug-likeness (QED) is 0.505. The van der Waals surface area contributed by atoms with Crippen molar-refractivity contribution in [3.8, 4) is 0 Å². The second-order valence-corrected chi connectivity index (χ2v) is 11.0. The van der Waals surface area contributed by atoms with Crippen LogP contribution < -0.4 is 5.32 Å². The molecule has 1 unspecified atom stereocenters. The monoisotopic (exact) mass is 487 g/mol. The molecule has 2 amide bonds. The third-order valence-corrected chi connectivity index (χ3v) is 6.86. The highest BCUT2D eigenvalue weighted by atomic mass is 16.6. The van der Waals surface area contributed by atoms with Crippen LogP contribution in [0.1, 0.15) is 72.8 Å². The molecular formula is C28H45N3O4. The van der Waals surface area contributed by atoms with Crippen LogP contribution >= 0.6 is 0 Å². The van der Waals surface area contributed by atoms with E-state index >= 15 is 0 Å². The Morgan fingerprint density at radius 2 is 1.71 bits per heavy atom. The zero-order chi connectivity index (χ0) is 26.3. The minimum absolute atomic E-state index is 0.0287. The molecule has 1 fully saturated rings. The third kappa shape index (κ3) is 8.06. The lowest BCUT2D eigenvalue weighted by Gasteiger charge is -2.38. The molecule has 1 aromatic rings. The minimum atomic E-state index is -0.638. The van der Waals surface area contributed by atoms with Gasteiger partial charge in [0.15, 0.2) is 0 Å². The van der Waals surface area contributed by atoms with Gasteiger partial charge < -0.3 is 15.0 Å². The average molecular weight is 488 g/mol. The summed E-state index contributed by atoms with van der Waals surface area (Å²) >= 11 is 0. The molecule has 196 valence electrons. The molecule has 4 atom stereocenters. The fourth-order valence-electron chi connectivity index (χ4n) is 5.18. The van der Waals surface area contributed by atoms with Gasteiger partial charge in [-0.25, -0.2) is 0 Å². The molecule has 0 spiro atoms. The summed E-state index contributed by atoms with van der Waals surface area (Å²) in [5.41, 5.74) is 0.411. The number of rotatable bonds is 10. The summed E-state index contributed by atoms with van der Waals surface area (Å²) in [7, 11) is 3.49. The number of carbonyl (C=O) groups is 3. The fraction of sp³-hybridized carbons (Fsp3) is 0.679. The van der Waals surface area contributed by atoms with Crippen molar-refractivity contribution < 1.29 is 19.1 Å². The predicted octanol–water partition coefficient (Wildman–Crippen LogP) is 4.01. The van der Waals surface area contributed by atoms with Crippen LogP contribution in [0.5, 0.6) is 0 Å². The van der Waals surface area contributed by atoms with Crippen LogP contribution in [-0.2, 0) is 25.7 Å². The maximum absolute atomic E-state index is 13.5. The number of nitrogens with one attached hydrogen (secondary N) is 1. The molecule has 2 rings (SSSR count). The van der Waals surface area contributed by atoms with E-state index in [1.54, 1.807) is 19.0 Å². The van der Waals surface area contributed by atoms with E-state index in [4.69, 9.17) is 4.74 Å². The molecular weight excluding hydrogens is 442 g/mol. The van der Waals surface area contributed by atoms with Gasteiger partial charge in [0.05, 0.1) is 5.92 Å². The van der Waals surface area contributed by atoms with Crippen molar-refractivity contribution in [1.82, 2.24) is 15.1 Å². The molecule has 1 N–H and O–H groups in total. The lowest BCUT2D eigenvalue weighted by atomic mass is 9.85. The Balaban J connectivity index is 2.59. The molecule has 0 radical (unpaired) electrons. The summed E-state index contributed by atoms with van der Waals surface area (Å²) in [6, 6.07) is 8.79. The van der Waals surface area contributed by atoms with Crippen molar-refractivity contribution in [3.63, 3.8) is 0 Å². The standard InChI is InChI=1S/C28H45N3O4/c1-9-20(10-2)16-23(29-19(3)32)25-22(26(33)30(7)8)17-24(27(34)35-28(4,5)6)31(25)18-21-14-12-11-13-15-21/h11-15,20,22-25H,9-10,16-18H2,1-8H3,(H,29,32)/t22-,23+,24?,25-/m1/s1. The smallest absolute Gasteiger partial charge is 0.323 e. The molecule has 0 saturated carbocycles. The summed E-state index contributed by atoms with van der Waals surface area (Å²) in [5.74, 6) is -0.508. The second kappa shape index (κ2) is 12.5. The number of hydrogen-bond acceptors (Lipinski definition) is 5. The molecule has 35 heavy (non-hydrogen) atoms. The van der Waals surface area contributed by atoms with E-state index in [9.17, 15) is 14.4 Å². The summed E-state index contributed by atoms with van der Waals surface area (Å²) in [4.78, 5) is 42.9. The van der Waals surface area contributed by atoms with Crippen LogP contribution in [-0.4, -0.2) is 65.4 Å². The Bertz CT molecular complexity index is 846. The molecule has 0 aromatic heterocycles. The van der Waals surface area contributed by atoms with Gasteiger partial charge in [-0.3, -0.25) is 19.3 Å². The Hall–Kier alpha value is -2.41. The Labute approximate surface area is 211 Å². The van der Waals surface area contributed by atoms with Gasteiger partial charge in [0.25, 0.3) is 0 Å². The van der Waals surface area contributed by atoms with Gasteiger partial charge in [-0.2, -0.15) is 0 Å². The first-order chi connectivity index (χ1) is 16.4. The zero-order valence-electron chi connectivity index (χ0n) is 22.8. The number of benzene rings is 1. The van der Waals surface area contributed by atoms with Crippen LogP contribution in [0, 0.1) is 11.8 Å². The van der Waals surface area contributed by atoms with Gasteiger partial charge in [0, 0.05) is 39.6 Å². The number of carbonyl (C=O) groups excluding carboxylic acids is 3. The van der Waals surface area contributed by atoms with E-state index in [2.05, 4.69) is 24.1 Å².